The normalized spacial score (nSPS) is 10.4. The Morgan fingerprint density at radius 1 is 1.25 bits per heavy atom. The number of aromatic nitrogens is 1. The maximum Gasteiger partial charge on any atom is 0.280 e. The average Bonchev–Trinajstić information content (AvgIpc) is 2.79. The second-order valence-electron chi connectivity index (χ2n) is 3.50. The molecular weight excluding hydrogens is 288 g/mol. The van der Waals surface area contributed by atoms with Crippen molar-refractivity contribution in [3.05, 3.63) is 44.3 Å². The predicted octanol–water partition coefficient (Wildman–Crippen LogP) is 3.31. The first-order valence-corrected chi connectivity index (χ1v) is 6.40. The Hall–Kier alpha value is -1.07. The smallest absolute Gasteiger partial charge is 0.266 e. The van der Waals surface area contributed by atoms with Crippen LogP contribution in [-0.2, 0) is 0 Å². The second kappa shape index (κ2) is 4.43. The topological polar surface area (TPSA) is 34.0 Å². The highest BCUT2D eigenvalue weighted by Crippen LogP contribution is 2.22. The Bertz CT molecular complexity index is 510. The van der Waals surface area contributed by atoms with Gasteiger partial charge < -0.3 is 0 Å². The van der Waals surface area contributed by atoms with Gasteiger partial charge in [0.1, 0.15) is 0 Å². The summed E-state index contributed by atoms with van der Waals surface area (Å²) in [7, 11) is 0. The molecule has 0 unspecified atom stereocenters. The van der Waals surface area contributed by atoms with E-state index in [1.807, 2.05) is 32.0 Å². The van der Waals surface area contributed by atoms with Crippen LogP contribution in [0.15, 0.2) is 28.1 Å². The number of thiophene rings is 1. The summed E-state index contributed by atoms with van der Waals surface area (Å²) < 4.78 is 2.74. The molecule has 0 aromatic carbocycles. The molecule has 0 fully saturated rings. The number of nitrogens with one attached hydrogen (secondary N) is 1. The van der Waals surface area contributed by atoms with Crippen LogP contribution < -0.4 is 5.43 Å². The van der Waals surface area contributed by atoms with Gasteiger partial charge in [-0.15, -0.1) is 11.3 Å². The van der Waals surface area contributed by atoms with Crippen molar-refractivity contribution in [2.75, 3.05) is 5.43 Å². The molecule has 2 rings (SSSR count). The van der Waals surface area contributed by atoms with Crippen LogP contribution >= 0.6 is 27.3 Å². The fourth-order valence-corrected chi connectivity index (χ4v) is 2.71. The van der Waals surface area contributed by atoms with Gasteiger partial charge in [0.15, 0.2) is 0 Å². The molecule has 5 heteroatoms. The van der Waals surface area contributed by atoms with E-state index >= 15 is 0 Å². The summed E-state index contributed by atoms with van der Waals surface area (Å²) in [6.45, 7) is 3.91. The van der Waals surface area contributed by atoms with Gasteiger partial charge in [-0.25, -0.2) is 0 Å². The molecule has 2 aromatic heterocycles. The Morgan fingerprint density at radius 2 is 1.88 bits per heavy atom. The first-order chi connectivity index (χ1) is 7.58. The minimum atomic E-state index is -0.0851. The number of aryl methyl sites for hydroxylation is 2. The van der Waals surface area contributed by atoms with Crippen LogP contribution in [0.2, 0.25) is 0 Å². The third kappa shape index (κ3) is 2.20. The fourth-order valence-electron chi connectivity index (χ4n) is 1.44. The van der Waals surface area contributed by atoms with E-state index in [1.54, 1.807) is 10.7 Å². The van der Waals surface area contributed by atoms with Gasteiger partial charge >= 0.3 is 0 Å². The maximum absolute atomic E-state index is 11.9. The average molecular weight is 299 g/mol. The van der Waals surface area contributed by atoms with Crippen molar-refractivity contribution in [2.24, 2.45) is 0 Å². The van der Waals surface area contributed by atoms with E-state index in [4.69, 9.17) is 0 Å². The molecule has 0 aliphatic heterocycles. The summed E-state index contributed by atoms with van der Waals surface area (Å²) in [5, 5.41) is 0. The number of carbonyl (C=O) groups is 1. The lowest BCUT2D eigenvalue weighted by atomic mass is 10.4. The van der Waals surface area contributed by atoms with Crippen molar-refractivity contribution < 1.29 is 4.79 Å². The van der Waals surface area contributed by atoms with Crippen LogP contribution in [0.5, 0.6) is 0 Å². The highest BCUT2D eigenvalue weighted by atomic mass is 79.9. The highest BCUT2D eigenvalue weighted by Gasteiger charge is 2.10. The van der Waals surface area contributed by atoms with Gasteiger partial charge in [-0.1, -0.05) is 0 Å². The first kappa shape index (κ1) is 11.4. The fraction of sp³-hybridized carbons (Fsp3) is 0.182. The van der Waals surface area contributed by atoms with Crippen molar-refractivity contribution in [3.63, 3.8) is 0 Å². The molecule has 1 amide bonds. The van der Waals surface area contributed by atoms with Crippen molar-refractivity contribution in [3.8, 4) is 0 Å². The van der Waals surface area contributed by atoms with Crippen molar-refractivity contribution in [1.82, 2.24) is 4.68 Å². The zero-order chi connectivity index (χ0) is 11.7. The molecule has 0 saturated carbocycles. The Morgan fingerprint density at radius 3 is 2.38 bits per heavy atom. The van der Waals surface area contributed by atoms with Crippen LogP contribution in [0.1, 0.15) is 21.1 Å². The molecule has 0 aliphatic rings. The minimum Gasteiger partial charge on any atom is -0.266 e. The molecule has 0 bridgehead atoms. The first-order valence-electron chi connectivity index (χ1n) is 4.79. The van der Waals surface area contributed by atoms with E-state index in [9.17, 15) is 4.79 Å². The number of rotatable bonds is 2. The Kier molecular flexibility index (Phi) is 3.16. The van der Waals surface area contributed by atoms with Crippen LogP contribution in [0, 0.1) is 13.8 Å². The van der Waals surface area contributed by atoms with Crippen LogP contribution in [-0.4, -0.2) is 10.6 Å². The number of hydrogen-bond acceptors (Lipinski definition) is 2. The molecule has 0 spiro atoms. The molecule has 0 atom stereocenters. The van der Waals surface area contributed by atoms with Crippen molar-refractivity contribution >= 4 is 33.2 Å². The molecule has 2 heterocycles. The molecule has 0 radical (unpaired) electrons. The number of halogens is 1. The van der Waals surface area contributed by atoms with Gasteiger partial charge in [-0.2, -0.15) is 0 Å². The molecule has 2 aromatic rings. The predicted molar refractivity (Wildman–Crippen MR) is 69.6 cm³/mol. The van der Waals surface area contributed by atoms with E-state index in [0.29, 0.717) is 4.88 Å². The van der Waals surface area contributed by atoms with Gasteiger partial charge in [-0.05, 0) is 54.0 Å². The van der Waals surface area contributed by atoms with E-state index in [0.717, 1.165) is 15.2 Å². The lowest BCUT2D eigenvalue weighted by Gasteiger charge is -2.09. The zero-order valence-corrected chi connectivity index (χ0v) is 11.4. The summed E-state index contributed by atoms with van der Waals surface area (Å²) in [5.41, 5.74) is 4.89. The number of nitrogens with zero attached hydrogens (tertiary/aromatic N) is 1. The molecule has 16 heavy (non-hydrogen) atoms. The minimum absolute atomic E-state index is 0.0851. The summed E-state index contributed by atoms with van der Waals surface area (Å²) in [6, 6.07) is 7.62. The van der Waals surface area contributed by atoms with E-state index in [1.165, 1.54) is 11.3 Å². The third-order valence-corrected chi connectivity index (χ3v) is 3.90. The summed E-state index contributed by atoms with van der Waals surface area (Å²) in [6.07, 6.45) is 0. The van der Waals surface area contributed by atoms with Crippen LogP contribution in [0.4, 0.5) is 0 Å². The molecule has 1 N–H and O–H groups in total. The SMILES string of the molecule is Cc1ccc(C)n1NC(=O)c1ccc(Br)s1. The summed E-state index contributed by atoms with van der Waals surface area (Å²) in [5.74, 6) is -0.0851. The maximum atomic E-state index is 11.9. The summed E-state index contributed by atoms with van der Waals surface area (Å²) in [4.78, 5) is 12.6. The monoisotopic (exact) mass is 298 g/mol. The van der Waals surface area contributed by atoms with E-state index in [2.05, 4.69) is 21.4 Å². The van der Waals surface area contributed by atoms with Crippen LogP contribution in [0.3, 0.4) is 0 Å². The van der Waals surface area contributed by atoms with Crippen molar-refractivity contribution in [2.45, 2.75) is 13.8 Å². The van der Waals surface area contributed by atoms with E-state index < -0.39 is 0 Å². The van der Waals surface area contributed by atoms with Gasteiger partial charge in [0, 0.05) is 11.4 Å². The quantitative estimate of drug-likeness (QED) is 0.907. The lowest BCUT2D eigenvalue weighted by molar-refractivity contribution is 0.101. The number of amides is 1. The third-order valence-electron chi connectivity index (χ3n) is 2.28. The van der Waals surface area contributed by atoms with Crippen LogP contribution in [0.25, 0.3) is 0 Å². The molecule has 3 nitrogen and oxygen atoms in total. The van der Waals surface area contributed by atoms with Gasteiger partial charge in [0.2, 0.25) is 0 Å². The molecule has 84 valence electrons. The Balaban J connectivity index is 2.20. The Labute approximate surface area is 106 Å². The molecule has 0 saturated heterocycles. The number of hydrogen-bond donors (Lipinski definition) is 1. The summed E-state index contributed by atoms with van der Waals surface area (Å²) >= 11 is 4.76. The standard InChI is InChI=1S/C11H11BrN2OS/c1-7-3-4-8(2)14(7)13-11(15)9-5-6-10(12)16-9/h3-6H,1-2H3,(H,13,15). The molecule has 0 aliphatic carbocycles. The zero-order valence-electron chi connectivity index (χ0n) is 8.95. The van der Waals surface area contributed by atoms with E-state index in [-0.39, 0.29) is 5.91 Å². The lowest BCUT2D eigenvalue weighted by Crippen LogP contribution is -2.23. The number of carbonyl (C=O) groups excluding carboxylic acids is 1. The largest absolute Gasteiger partial charge is 0.280 e. The van der Waals surface area contributed by atoms with Crippen molar-refractivity contribution in [1.29, 1.82) is 0 Å². The highest BCUT2D eigenvalue weighted by molar-refractivity contribution is 9.11. The molecular formula is C11H11BrN2OS. The van der Waals surface area contributed by atoms with Gasteiger partial charge in [0.05, 0.1) is 8.66 Å². The van der Waals surface area contributed by atoms with Gasteiger partial charge in [-0.3, -0.25) is 14.9 Å². The second-order valence-corrected chi connectivity index (χ2v) is 5.96. The van der Waals surface area contributed by atoms with Gasteiger partial charge in [0.25, 0.3) is 5.91 Å².